The summed E-state index contributed by atoms with van der Waals surface area (Å²) in [4.78, 5) is 14.2. The van der Waals surface area contributed by atoms with Gasteiger partial charge in [0.2, 0.25) is 0 Å². The van der Waals surface area contributed by atoms with Crippen molar-refractivity contribution >= 4 is 17.5 Å². The number of benzene rings is 1. The summed E-state index contributed by atoms with van der Waals surface area (Å²) in [6.45, 7) is 3.75. The SMILES string of the molecule is Cc1c(Cl)cccc1C(=O)N(C)C1CCNC1. The Hall–Kier alpha value is -1.06. The van der Waals surface area contributed by atoms with Gasteiger partial charge in [-0.3, -0.25) is 4.79 Å². The molecule has 1 N–H and O–H groups in total. The number of rotatable bonds is 2. The molecule has 1 saturated heterocycles. The monoisotopic (exact) mass is 252 g/mol. The zero-order valence-corrected chi connectivity index (χ0v) is 10.9. The van der Waals surface area contributed by atoms with E-state index in [-0.39, 0.29) is 5.91 Å². The lowest BCUT2D eigenvalue weighted by Crippen LogP contribution is -2.38. The van der Waals surface area contributed by atoms with Gasteiger partial charge in [0.1, 0.15) is 0 Å². The van der Waals surface area contributed by atoms with Gasteiger partial charge in [0, 0.05) is 30.2 Å². The summed E-state index contributed by atoms with van der Waals surface area (Å²) in [7, 11) is 1.86. The molecule has 1 aromatic carbocycles. The average Bonchev–Trinajstić information content (AvgIpc) is 2.84. The van der Waals surface area contributed by atoms with Crippen molar-refractivity contribution < 1.29 is 4.79 Å². The number of amides is 1. The second kappa shape index (κ2) is 5.07. The molecule has 1 fully saturated rings. The normalized spacial score (nSPS) is 19.4. The van der Waals surface area contributed by atoms with Gasteiger partial charge >= 0.3 is 0 Å². The summed E-state index contributed by atoms with van der Waals surface area (Å²) < 4.78 is 0. The smallest absolute Gasteiger partial charge is 0.254 e. The van der Waals surface area contributed by atoms with Crippen LogP contribution < -0.4 is 5.32 Å². The Morgan fingerprint density at radius 1 is 1.53 bits per heavy atom. The number of likely N-dealkylation sites (N-methyl/N-ethyl adjacent to an activating group) is 1. The van der Waals surface area contributed by atoms with Gasteiger partial charge in [0.25, 0.3) is 5.91 Å². The predicted molar refractivity (Wildman–Crippen MR) is 69.6 cm³/mol. The lowest BCUT2D eigenvalue weighted by molar-refractivity contribution is 0.0743. The molecule has 4 heteroatoms. The first-order valence-corrected chi connectivity index (χ1v) is 6.22. The summed E-state index contributed by atoms with van der Waals surface area (Å²) in [6.07, 6.45) is 1.02. The molecule has 1 amide bonds. The first-order chi connectivity index (χ1) is 8.11. The third-order valence-electron chi connectivity index (χ3n) is 3.40. The van der Waals surface area contributed by atoms with Crippen LogP contribution >= 0.6 is 11.6 Å². The van der Waals surface area contributed by atoms with E-state index in [0.29, 0.717) is 16.6 Å². The molecule has 0 radical (unpaired) electrons. The molecule has 0 aromatic heterocycles. The molecule has 17 heavy (non-hydrogen) atoms. The van der Waals surface area contributed by atoms with Gasteiger partial charge < -0.3 is 10.2 Å². The molecule has 1 aliphatic rings. The van der Waals surface area contributed by atoms with Crippen molar-refractivity contribution in [2.75, 3.05) is 20.1 Å². The lowest BCUT2D eigenvalue weighted by atomic mass is 10.1. The van der Waals surface area contributed by atoms with Crippen LogP contribution in [0.3, 0.4) is 0 Å². The maximum Gasteiger partial charge on any atom is 0.254 e. The Labute approximate surface area is 107 Å². The number of hydrogen-bond donors (Lipinski definition) is 1. The molecule has 92 valence electrons. The van der Waals surface area contributed by atoms with Crippen LogP contribution in [0.2, 0.25) is 5.02 Å². The van der Waals surface area contributed by atoms with Gasteiger partial charge in [0.15, 0.2) is 0 Å². The first-order valence-electron chi connectivity index (χ1n) is 5.84. The molecule has 3 nitrogen and oxygen atoms in total. The highest BCUT2D eigenvalue weighted by molar-refractivity contribution is 6.31. The van der Waals surface area contributed by atoms with Crippen LogP contribution in [0.4, 0.5) is 0 Å². The van der Waals surface area contributed by atoms with Crippen molar-refractivity contribution in [2.24, 2.45) is 0 Å². The van der Waals surface area contributed by atoms with E-state index in [1.807, 2.05) is 37.1 Å². The summed E-state index contributed by atoms with van der Waals surface area (Å²) in [6, 6.07) is 5.76. The quantitative estimate of drug-likeness (QED) is 0.874. The topological polar surface area (TPSA) is 32.3 Å². The number of carbonyl (C=O) groups is 1. The Morgan fingerprint density at radius 3 is 2.94 bits per heavy atom. The van der Waals surface area contributed by atoms with Crippen molar-refractivity contribution in [2.45, 2.75) is 19.4 Å². The Morgan fingerprint density at radius 2 is 2.29 bits per heavy atom. The Kier molecular flexibility index (Phi) is 3.69. The average molecular weight is 253 g/mol. The fourth-order valence-electron chi connectivity index (χ4n) is 2.16. The van der Waals surface area contributed by atoms with Crippen LogP contribution in [0.15, 0.2) is 18.2 Å². The molecule has 0 aliphatic carbocycles. The van der Waals surface area contributed by atoms with Crippen LogP contribution in [-0.4, -0.2) is 37.0 Å². The van der Waals surface area contributed by atoms with Crippen molar-refractivity contribution in [3.63, 3.8) is 0 Å². The van der Waals surface area contributed by atoms with E-state index < -0.39 is 0 Å². The zero-order valence-electron chi connectivity index (χ0n) is 10.2. The van der Waals surface area contributed by atoms with Gasteiger partial charge in [0.05, 0.1) is 0 Å². The molecule has 0 spiro atoms. The largest absolute Gasteiger partial charge is 0.337 e. The predicted octanol–water partition coefficient (Wildman–Crippen LogP) is 2.08. The van der Waals surface area contributed by atoms with E-state index in [0.717, 1.165) is 25.1 Å². The van der Waals surface area contributed by atoms with Crippen molar-refractivity contribution in [1.82, 2.24) is 10.2 Å². The molecule has 0 bridgehead atoms. The standard InChI is InChI=1S/C13H17ClN2O/c1-9-11(4-3-5-12(9)14)13(17)16(2)10-6-7-15-8-10/h3-5,10,15H,6-8H2,1-2H3. The van der Waals surface area contributed by atoms with E-state index in [1.54, 1.807) is 0 Å². The summed E-state index contributed by atoms with van der Waals surface area (Å²) >= 11 is 6.04. The fraction of sp³-hybridized carbons (Fsp3) is 0.462. The summed E-state index contributed by atoms with van der Waals surface area (Å²) in [5, 5.41) is 3.91. The third kappa shape index (κ3) is 2.45. The van der Waals surface area contributed by atoms with Crippen molar-refractivity contribution in [3.05, 3.63) is 34.3 Å². The van der Waals surface area contributed by atoms with Gasteiger partial charge in [-0.2, -0.15) is 0 Å². The van der Waals surface area contributed by atoms with E-state index in [9.17, 15) is 4.79 Å². The number of halogens is 1. The number of nitrogens with one attached hydrogen (secondary N) is 1. The third-order valence-corrected chi connectivity index (χ3v) is 3.81. The van der Waals surface area contributed by atoms with Crippen molar-refractivity contribution in [3.8, 4) is 0 Å². The number of nitrogens with zero attached hydrogens (tertiary/aromatic N) is 1. The Bertz CT molecular complexity index is 427. The minimum atomic E-state index is 0.0544. The molecule has 0 saturated carbocycles. The second-order valence-corrected chi connectivity index (χ2v) is 4.88. The maximum absolute atomic E-state index is 12.3. The van der Waals surface area contributed by atoms with Gasteiger partial charge in [-0.1, -0.05) is 17.7 Å². The summed E-state index contributed by atoms with van der Waals surface area (Å²) in [5.41, 5.74) is 1.56. The second-order valence-electron chi connectivity index (χ2n) is 4.48. The molecule has 1 heterocycles. The van der Waals surface area contributed by atoms with Crippen LogP contribution in [0.5, 0.6) is 0 Å². The molecule has 1 aromatic rings. The van der Waals surface area contributed by atoms with Gasteiger partial charge in [-0.05, 0) is 37.6 Å². The zero-order chi connectivity index (χ0) is 12.4. The van der Waals surface area contributed by atoms with E-state index in [4.69, 9.17) is 11.6 Å². The van der Waals surface area contributed by atoms with E-state index >= 15 is 0 Å². The highest BCUT2D eigenvalue weighted by atomic mass is 35.5. The van der Waals surface area contributed by atoms with Crippen LogP contribution in [-0.2, 0) is 0 Å². The van der Waals surface area contributed by atoms with E-state index in [1.165, 1.54) is 0 Å². The van der Waals surface area contributed by atoms with Crippen LogP contribution in [0, 0.1) is 6.92 Å². The molecule has 1 atom stereocenters. The van der Waals surface area contributed by atoms with Crippen LogP contribution in [0.1, 0.15) is 22.3 Å². The summed E-state index contributed by atoms with van der Waals surface area (Å²) in [5.74, 6) is 0.0544. The van der Waals surface area contributed by atoms with Crippen molar-refractivity contribution in [1.29, 1.82) is 0 Å². The van der Waals surface area contributed by atoms with Gasteiger partial charge in [-0.15, -0.1) is 0 Å². The highest BCUT2D eigenvalue weighted by Crippen LogP contribution is 2.21. The first kappa shape index (κ1) is 12.4. The van der Waals surface area contributed by atoms with Gasteiger partial charge in [-0.25, -0.2) is 0 Å². The van der Waals surface area contributed by atoms with E-state index in [2.05, 4.69) is 5.32 Å². The molecular weight excluding hydrogens is 236 g/mol. The molecule has 1 aliphatic heterocycles. The molecular formula is C13H17ClN2O. The minimum absolute atomic E-state index is 0.0544. The number of hydrogen-bond acceptors (Lipinski definition) is 2. The molecule has 1 unspecified atom stereocenters. The fourth-order valence-corrected chi connectivity index (χ4v) is 2.34. The molecule has 2 rings (SSSR count). The number of carbonyl (C=O) groups excluding carboxylic acids is 1. The minimum Gasteiger partial charge on any atom is -0.337 e. The highest BCUT2D eigenvalue weighted by Gasteiger charge is 2.25. The van der Waals surface area contributed by atoms with Crippen LogP contribution in [0.25, 0.3) is 0 Å². The Balaban J connectivity index is 2.21. The lowest BCUT2D eigenvalue weighted by Gasteiger charge is -2.24. The maximum atomic E-state index is 12.3.